The molecule has 0 aliphatic carbocycles. The molecule has 0 radical (unpaired) electrons. The summed E-state index contributed by atoms with van der Waals surface area (Å²) in [4.78, 5) is 24.2. The molecule has 0 fully saturated rings. The number of carbonyl (C=O) groups excluding carboxylic acids is 2. The van der Waals surface area contributed by atoms with Crippen LogP contribution in [0.1, 0.15) is 35.3 Å². The van der Waals surface area contributed by atoms with Gasteiger partial charge in [0.15, 0.2) is 0 Å². The Balaban J connectivity index is 1.97. The highest BCUT2D eigenvalue weighted by Gasteiger charge is 2.30. The number of carbonyl (C=O) groups is 2. The molecule has 0 aliphatic rings. The van der Waals surface area contributed by atoms with Crippen molar-refractivity contribution in [2.75, 3.05) is 6.54 Å². The summed E-state index contributed by atoms with van der Waals surface area (Å²) >= 11 is 0. The van der Waals surface area contributed by atoms with Crippen LogP contribution in [0.5, 0.6) is 0 Å². The molecule has 2 amide bonds. The van der Waals surface area contributed by atoms with E-state index >= 15 is 0 Å². The second-order valence-electron chi connectivity index (χ2n) is 6.18. The number of hydrogen-bond acceptors (Lipinski definition) is 3. The van der Waals surface area contributed by atoms with E-state index in [1.54, 1.807) is 18.2 Å². The van der Waals surface area contributed by atoms with Gasteiger partial charge in [0, 0.05) is 25.1 Å². The number of benzene rings is 2. The Morgan fingerprint density at radius 3 is 2.36 bits per heavy atom. The van der Waals surface area contributed by atoms with E-state index in [0.717, 1.165) is 11.1 Å². The van der Waals surface area contributed by atoms with E-state index in [1.165, 1.54) is 6.92 Å². The van der Waals surface area contributed by atoms with E-state index < -0.39 is 11.5 Å². The molecule has 3 N–H and O–H groups in total. The van der Waals surface area contributed by atoms with Crippen LogP contribution >= 0.6 is 0 Å². The van der Waals surface area contributed by atoms with Crippen LogP contribution in [0.4, 0.5) is 0 Å². The predicted octanol–water partition coefficient (Wildman–Crippen LogP) is 2.05. The highest BCUT2D eigenvalue weighted by Crippen LogP contribution is 2.14. The van der Waals surface area contributed by atoms with Crippen LogP contribution in [-0.4, -0.2) is 29.1 Å². The van der Waals surface area contributed by atoms with Crippen molar-refractivity contribution in [1.29, 1.82) is 0 Å². The average molecular weight is 340 g/mol. The Hall–Kier alpha value is -2.66. The van der Waals surface area contributed by atoms with Crippen LogP contribution in [-0.2, 0) is 17.8 Å². The fraction of sp³-hybridized carbons (Fsp3) is 0.300. The SMILES string of the molecule is CCNC(=O)c1cccc(CNC(=O)[C@](C)(O)Cc2ccccc2)c1. The van der Waals surface area contributed by atoms with E-state index in [-0.39, 0.29) is 18.9 Å². The third-order valence-electron chi connectivity index (χ3n) is 3.86. The number of amides is 2. The number of nitrogens with one attached hydrogen (secondary N) is 2. The Labute approximate surface area is 148 Å². The largest absolute Gasteiger partial charge is 0.380 e. The summed E-state index contributed by atoms with van der Waals surface area (Å²) in [5, 5.41) is 15.9. The van der Waals surface area contributed by atoms with Gasteiger partial charge in [0.25, 0.3) is 11.8 Å². The maximum Gasteiger partial charge on any atom is 0.252 e. The predicted molar refractivity (Wildman–Crippen MR) is 97.1 cm³/mol. The van der Waals surface area contributed by atoms with Crippen molar-refractivity contribution in [2.24, 2.45) is 0 Å². The van der Waals surface area contributed by atoms with Gasteiger partial charge in [0.05, 0.1) is 0 Å². The highest BCUT2D eigenvalue weighted by molar-refractivity contribution is 5.94. The van der Waals surface area contributed by atoms with Gasteiger partial charge in [-0.2, -0.15) is 0 Å². The lowest BCUT2D eigenvalue weighted by Crippen LogP contribution is -2.45. The molecule has 2 aromatic rings. The normalized spacial score (nSPS) is 12.9. The minimum Gasteiger partial charge on any atom is -0.380 e. The molecule has 2 rings (SSSR count). The van der Waals surface area contributed by atoms with E-state index in [9.17, 15) is 14.7 Å². The third-order valence-corrected chi connectivity index (χ3v) is 3.86. The van der Waals surface area contributed by atoms with Gasteiger partial charge in [-0.05, 0) is 37.1 Å². The molecule has 0 bridgehead atoms. The second-order valence-corrected chi connectivity index (χ2v) is 6.18. The van der Waals surface area contributed by atoms with Gasteiger partial charge in [-0.3, -0.25) is 9.59 Å². The van der Waals surface area contributed by atoms with Gasteiger partial charge >= 0.3 is 0 Å². The maximum atomic E-state index is 12.3. The van der Waals surface area contributed by atoms with Crippen molar-refractivity contribution in [3.05, 3.63) is 71.3 Å². The first-order valence-corrected chi connectivity index (χ1v) is 8.34. The summed E-state index contributed by atoms with van der Waals surface area (Å²) in [7, 11) is 0. The van der Waals surface area contributed by atoms with Crippen molar-refractivity contribution in [3.8, 4) is 0 Å². The standard InChI is InChI=1S/C20H24N2O3/c1-3-21-18(23)17-11-7-10-16(12-17)14-22-19(24)20(2,25)13-15-8-5-4-6-9-15/h4-12,25H,3,13-14H2,1-2H3,(H,21,23)(H,22,24)/t20-/m1/s1. The minimum absolute atomic E-state index is 0.147. The van der Waals surface area contributed by atoms with Crippen molar-refractivity contribution in [1.82, 2.24) is 10.6 Å². The summed E-state index contributed by atoms with van der Waals surface area (Å²) in [5.41, 5.74) is 0.733. The Bertz CT molecular complexity index is 727. The Morgan fingerprint density at radius 1 is 1.00 bits per heavy atom. The van der Waals surface area contributed by atoms with E-state index in [0.29, 0.717) is 12.1 Å². The van der Waals surface area contributed by atoms with Crippen molar-refractivity contribution in [2.45, 2.75) is 32.4 Å². The molecule has 132 valence electrons. The molecule has 0 heterocycles. The smallest absolute Gasteiger partial charge is 0.252 e. The number of hydrogen-bond donors (Lipinski definition) is 3. The fourth-order valence-electron chi connectivity index (χ4n) is 2.53. The zero-order valence-electron chi connectivity index (χ0n) is 14.6. The number of aliphatic hydroxyl groups is 1. The highest BCUT2D eigenvalue weighted by atomic mass is 16.3. The fourth-order valence-corrected chi connectivity index (χ4v) is 2.53. The zero-order valence-corrected chi connectivity index (χ0v) is 14.6. The lowest BCUT2D eigenvalue weighted by atomic mass is 9.95. The molecule has 5 nitrogen and oxygen atoms in total. The molecule has 2 aromatic carbocycles. The van der Waals surface area contributed by atoms with Crippen LogP contribution in [0.3, 0.4) is 0 Å². The molecular weight excluding hydrogens is 316 g/mol. The molecule has 0 saturated carbocycles. The first-order chi connectivity index (χ1) is 11.9. The van der Waals surface area contributed by atoms with Gasteiger partial charge in [0.1, 0.15) is 5.60 Å². The molecule has 0 spiro atoms. The Morgan fingerprint density at radius 2 is 1.68 bits per heavy atom. The lowest BCUT2D eigenvalue weighted by Gasteiger charge is -2.22. The van der Waals surface area contributed by atoms with Crippen LogP contribution in [0.25, 0.3) is 0 Å². The van der Waals surface area contributed by atoms with E-state index in [1.807, 2.05) is 43.3 Å². The average Bonchev–Trinajstić information content (AvgIpc) is 2.60. The lowest BCUT2D eigenvalue weighted by molar-refractivity contribution is -0.138. The molecule has 25 heavy (non-hydrogen) atoms. The van der Waals surface area contributed by atoms with Crippen molar-refractivity contribution >= 4 is 11.8 Å². The third kappa shape index (κ3) is 5.43. The summed E-state index contributed by atoms with van der Waals surface area (Å²) < 4.78 is 0. The van der Waals surface area contributed by atoms with Crippen LogP contribution in [0.15, 0.2) is 54.6 Å². The van der Waals surface area contributed by atoms with Crippen LogP contribution in [0.2, 0.25) is 0 Å². The number of rotatable bonds is 7. The van der Waals surface area contributed by atoms with Crippen molar-refractivity contribution in [3.63, 3.8) is 0 Å². The molecule has 0 aromatic heterocycles. The summed E-state index contributed by atoms with van der Waals surface area (Å²) in [6.07, 6.45) is 0.235. The van der Waals surface area contributed by atoms with Crippen LogP contribution < -0.4 is 10.6 Å². The van der Waals surface area contributed by atoms with Gasteiger partial charge < -0.3 is 15.7 Å². The van der Waals surface area contributed by atoms with E-state index in [2.05, 4.69) is 10.6 Å². The summed E-state index contributed by atoms with van der Waals surface area (Å²) in [5.74, 6) is -0.591. The maximum absolute atomic E-state index is 12.3. The monoisotopic (exact) mass is 340 g/mol. The molecule has 0 aliphatic heterocycles. The molecule has 5 heteroatoms. The topological polar surface area (TPSA) is 78.4 Å². The minimum atomic E-state index is -1.50. The molecule has 0 saturated heterocycles. The zero-order chi connectivity index (χ0) is 18.3. The molecule has 1 atom stereocenters. The molecular formula is C20H24N2O3. The second kappa shape index (κ2) is 8.44. The quantitative estimate of drug-likeness (QED) is 0.722. The summed E-state index contributed by atoms with van der Waals surface area (Å²) in [6, 6.07) is 16.4. The van der Waals surface area contributed by atoms with Gasteiger partial charge in [0.2, 0.25) is 0 Å². The van der Waals surface area contributed by atoms with Gasteiger partial charge in [-0.15, -0.1) is 0 Å². The first-order valence-electron chi connectivity index (χ1n) is 8.34. The summed E-state index contributed by atoms with van der Waals surface area (Å²) in [6.45, 7) is 4.16. The van der Waals surface area contributed by atoms with Crippen molar-refractivity contribution < 1.29 is 14.7 Å². The van der Waals surface area contributed by atoms with Gasteiger partial charge in [-0.25, -0.2) is 0 Å². The Kier molecular flexibility index (Phi) is 6.31. The van der Waals surface area contributed by atoms with E-state index in [4.69, 9.17) is 0 Å². The van der Waals surface area contributed by atoms with Gasteiger partial charge in [-0.1, -0.05) is 42.5 Å². The first kappa shape index (κ1) is 18.7. The molecule has 0 unspecified atom stereocenters. The van der Waals surface area contributed by atoms with Crippen LogP contribution in [0, 0.1) is 0 Å².